The number of esters is 1. The molecule has 31 heavy (non-hydrogen) atoms. The second-order valence-electron chi connectivity index (χ2n) is 7.48. The molecule has 0 radical (unpaired) electrons. The largest absolute Gasteiger partial charge is 0.591 e. The van der Waals surface area contributed by atoms with E-state index in [9.17, 15) is 22.5 Å². The number of carbonyl (C=O) groups is 1. The van der Waals surface area contributed by atoms with Crippen molar-refractivity contribution in [1.82, 2.24) is 0 Å². The summed E-state index contributed by atoms with van der Waals surface area (Å²) in [7, 11) is 0. The summed E-state index contributed by atoms with van der Waals surface area (Å²) in [6.45, 7) is 4.75. The molecule has 0 aliphatic rings. The van der Waals surface area contributed by atoms with Gasteiger partial charge in [-0.1, -0.05) is 28.1 Å². The summed E-state index contributed by atoms with van der Waals surface area (Å²) in [5.41, 5.74) is -0.932. The van der Waals surface area contributed by atoms with Gasteiger partial charge in [-0.05, 0) is 50.6 Å². The number of rotatable bonds is 6. The zero-order valence-electron chi connectivity index (χ0n) is 17.0. The van der Waals surface area contributed by atoms with E-state index in [1.807, 2.05) is 0 Å². The van der Waals surface area contributed by atoms with Crippen molar-refractivity contribution in [2.24, 2.45) is 4.40 Å². The molecule has 0 heterocycles. The topological polar surface area (TPSA) is 61.7 Å². The SMILES string of the molecule is CC(C)(C)[S+]([O-])/N=C/c1c(C(F)(F)F)ccc(Cl)c1CCOC(=O)c1ccccc1S. The molecule has 1 atom stereocenters. The number of hydrogen-bond acceptors (Lipinski definition) is 5. The Bertz CT molecular complexity index is 975. The summed E-state index contributed by atoms with van der Waals surface area (Å²) in [5, 5.41) is 0.0571. The molecule has 0 spiro atoms. The standard InChI is InChI=1S/C21H21ClF3NO3S2/c1-20(2,3)31(28)26-12-15-13(17(22)9-8-16(15)21(23,24)25)10-11-29-19(27)14-6-4-5-7-18(14)30/h4-9,12,30H,10-11H2,1-3H3/b26-12+. The number of thiol groups is 1. The average molecular weight is 492 g/mol. The van der Waals surface area contributed by atoms with Gasteiger partial charge in [0.25, 0.3) is 0 Å². The van der Waals surface area contributed by atoms with Crippen molar-refractivity contribution in [3.05, 3.63) is 63.7 Å². The van der Waals surface area contributed by atoms with E-state index in [1.165, 1.54) is 6.07 Å². The van der Waals surface area contributed by atoms with Crippen LogP contribution in [-0.2, 0) is 28.7 Å². The highest BCUT2D eigenvalue weighted by Crippen LogP contribution is 2.35. The summed E-state index contributed by atoms with van der Waals surface area (Å²) >= 11 is 8.58. The van der Waals surface area contributed by atoms with Crippen molar-refractivity contribution in [1.29, 1.82) is 0 Å². The van der Waals surface area contributed by atoms with E-state index in [-0.39, 0.29) is 34.7 Å². The molecule has 0 aliphatic heterocycles. The Balaban J connectivity index is 2.32. The van der Waals surface area contributed by atoms with E-state index in [2.05, 4.69) is 17.0 Å². The summed E-state index contributed by atoms with van der Waals surface area (Å²) < 4.78 is 61.2. The van der Waals surface area contributed by atoms with Crippen LogP contribution in [0, 0.1) is 0 Å². The maximum absolute atomic E-state index is 13.6. The molecular formula is C21H21ClF3NO3S2. The smallest absolute Gasteiger partial charge is 0.417 e. The normalized spacial score (nSPS) is 13.5. The molecule has 2 rings (SSSR count). The maximum Gasteiger partial charge on any atom is 0.417 e. The van der Waals surface area contributed by atoms with Crippen LogP contribution >= 0.6 is 24.2 Å². The first-order valence-electron chi connectivity index (χ1n) is 9.12. The van der Waals surface area contributed by atoms with Gasteiger partial charge >= 0.3 is 12.1 Å². The highest BCUT2D eigenvalue weighted by Gasteiger charge is 2.35. The molecule has 2 aromatic carbocycles. The van der Waals surface area contributed by atoms with Crippen molar-refractivity contribution >= 4 is 47.8 Å². The van der Waals surface area contributed by atoms with Crippen LogP contribution < -0.4 is 0 Å². The van der Waals surface area contributed by atoms with Crippen LogP contribution in [0.1, 0.15) is 47.8 Å². The highest BCUT2D eigenvalue weighted by atomic mass is 35.5. The van der Waals surface area contributed by atoms with Crippen LogP contribution in [0.25, 0.3) is 0 Å². The Morgan fingerprint density at radius 2 is 1.87 bits per heavy atom. The Morgan fingerprint density at radius 3 is 2.45 bits per heavy atom. The van der Waals surface area contributed by atoms with E-state index < -0.39 is 33.8 Å². The predicted octanol–water partition coefficient (Wildman–Crippen LogP) is 5.93. The van der Waals surface area contributed by atoms with Gasteiger partial charge in [-0.15, -0.1) is 12.6 Å². The third kappa shape index (κ3) is 6.90. The number of ether oxygens (including phenoxy) is 1. The first kappa shape index (κ1) is 25.6. The molecule has 1 unspecified atom stereocenters. The molecule has 0 amide bonds. The van der Waals surface area contributed by atoms with Crippen LogP contribution in [0.15, 0.2) is 45.7 Å². The van der Waals surface area contributed by atoms with E-state index in [0.29, 0.717) is 4.90 Å². The minimum Gasteiger partial charge on any atom is -0.591 e. The molecule has 168 valence electrons. The number of hydrogen-bond donors (Lipinski definition) is 1. The van der Waals surface area contributed by atoms with Gasteiger partial charge in [0.05, 0.1) is 23.9 Å². The van der Waals surface area contributed by atoms with Crippen molar-refractivity contribution in [3.63, 3.8) is 0 Å². The first-order chi connectivity index (χ1) is 14.3. The second kappa shape index (κ2) is 10.3. The third-order valence-electron chi connectivity index (χ3n) is 4.12. The molecule has 0 fully saturated rings. The molecule has 0 aliphatic carbocycles. The van der Waals surface area contributed by atoms with Gasteiger partial charge in [-0.25, -0.2) is 4.79 Å². The predicted molar refractivity (Wildman–Crippen MR) is 120 cm³/mol. The molecule has 0 bridgehead atoms. The van der Waals surface area contributed by atoms with Crippen molar-refractivity contribution in [2.75, 3.05) is 6.61 Å². The van der Waals surface area contributed by atoms with Gasteiger partial charge in [0, 0.05) is 21.9 Å². The highest BCUT2D eigenvalue weighted by molar-refractivity contribution is 7.91. The van der Waals surface area contributed by atoms with Crippen molar-refractivity contribution in [2.45, 2.75) is 43.0 Å². The van der Waals surface area contributed by atoms with Crippen LogP contribution in [0.4, 0.5) is 13.2 Å². The summed E-state index contributed by atoms with van der Waals surface area (Å²) in [6, 6.07) is 8.46. The Labute approximate surface area is 192 Å². The minimum atomic E-state index is -4.68. The van der Waals surface area contributed by atoms with E-state index in [0.717, 1.165) is 18.3 Å². The number of nitrogens with zero attached hydrogens (tertiary/aromatic N) is 1. The molecule has 0 N–H and O–H groups in total. The number of halogens is 4. The fraction of sp³-hybridized carbons (Fsp3) is 0.333. The zero-order chi connectivity index (χ0) is 23.4. The van der Waals surface area contributed by atoms with Gasteiger partial charge in [-0.3, -0.25) is 0 Å². The third-order valence-corrected chi connectivity index (χ3v) is 6.20. The molecule has 0 saturated heterocycles. The van der Waals surface area contributed by atoms with E-state index in [4.69, 9.17) is 16.3 Å². The quantitative estimate of drug-likeness (QED) is 0.236. The van der Waals surface area contributed by atoms with Crippen LogP contribution in [0.3, 0.4) is 0 Å². The summed E-state index contributed by atoms with van der Waals surface area (Å²) in [5.74, 6) is -0.655. The maximum atomic E-state index is 13.6. The molecular weight excluding hydrogens is 471 g/mol. The Kier molecular flexibility index (Phi) is 8.49. The van der Waals surface area contributed by atoms with E-state index >= 15 is 0 Å². The lowest BCUT2D eigenvalue weighted by Gasteiger charge is -2.19. The number of alkyl halides is 3. The van der Waals surface area contributed by atoms with Crippen molar-refractivity contribution < 1.29 is 27.3 Å². The molecule has 10 heteroatoms. The summed E-state index contributed by atoms with van der Waals surface area (Å²) in [6.07, 6.45) is -3.84. The molecule has 4 nitrogen and oxygen atoms in total. The summed E-state index contributed by atoms with van der Waals surface area (Å²) in [4.78, 5) is 12.6. The lowest BCUT2D eigenvalue weighted by Crippen LogP contribution is -2.26. The lowest BCUT2D eigenvalue weighted by molar-refractivity contribution is -0.137. The lowest BCUT2D eigenvalue weighted by atomic mass is 9.99. The zero-order valence-corrected chi connectivity index (χ0v) is 19.5. The van der Waals surface area contributed by atoms with Crippen LogP contribution in [0.5, 0.6) is 0 Å². The van der Waals surface area contributed by atoms with Gasteiger partial charge < -0.3 is 9.29 Å². The fourth-order valence-corrected chi connectivity index (χ4v) is 3.54. The Morgan fingerprint density at radius 1 is 1.23 bits per heavy atom. The van der Waals surface area contributed by atoms with Crippen molar-refractivity contribution in [3.8, 4) is 0 Å². The number of carbonyl (C=O) groups excluding carboxylic acids is 1. The van der Waals surface area contributed by atoms with E-state index in [1.54, 1.807) is 39.0 Å². The molecule has 0 saturated carbocycles. The van der Waals surface area contributed by atoms with Gasteiger partial charge in [0.2, 0.25) is 0 Å². The average Bonchev–Trinajstić information content (AvgIpc) is 2.66. The van der Waals surface area contributed by atoms with Crippen LogP contribution in [-0.4, -0.2) is 28.1 Å². The van der Waals surface area contributed by atoms with Gasteiger partial charge in [0.1, 0.15) is 16.1 Å². The van der Waals surface area contributed by atoms with Crippen LogP contribution in [0.2, 0.25) is 5.02 Å². The second-order valence-corrected chi connectivity index (χ2v) is 10.3. The monoisotopic (exact) mass is 491 g/mol. The minimum absolute atomic E-state index is 0.0571. The molecule has 2 aromatic rings. The van der Waals surface area contributed by atoms with Gasteiger partial charge in [-0.2, -0.15) is 13.2 Å². The fourth-order valence-electron chi connectivity index (χ4n) is 2.52. The Hall–Kier alpha value is -1.68. The first-order valence-corrected chi connectivity index (χ1v) is 11.1. The molecule has 0 aromatic heterocycles. The number of benzene rings is 2. The van der Waals surface area contributed by atoms with Gasteiger partial charge in [0.15, 0.2) is 0 Å².